The lowest BCUT2D eigenvalue weighted by molar-refractivity contribution is 0.601. The van der Waals surface area contributed by atoms with Gasteiger partial charge >= 0.3 is 0 Å². The lowest BCUT2D eigenvalue weighted by Gasteiger charge is -2.13. The van der Waals surface area contributed by atoms with Gasteiger partial charge in [-0.3, -0.25) is 4.72 Å². The smallest absolute Gasteiger partial charge is 0.263 e. The molecule has 1 N–H and O–H groups in total. The van der Waals surface area contributed by atoms with E-state index in [4.69, 9.17) is 34.8 Å². The summed E-state index contributed by atoms with van der Waals surface area (Å²) >= 11 is 17.9. The molecule has 0 aliphatic rings. The fourth-order valence-electron chi connectivity index (χ4n) is 1.75. The molecule has 0 unspecified atom stereocenters. The van der Waals surface area contributed by atoms with Crippen LogP contribution in [0, 0.1) is 13.8 Å². The number of anilines is 1. The molecule has 0 atom stereocenters. The van der Waals surface area contributed by atoms with Crippen LogP contribution in [0.2, 0.25) is 15.1 Å². The molecule has 0 radical (unpaired) electrons. The minimum absolute atomic E-state index is 0.0227. The van der Waals surface area contributed by atoms with Gasteiger partial charge in [-0.25, -0.2) is 8.42 Å². The van der Waals surface area contributed by atoms with Crippen LogP contribution >= 0.6 is 34.8 Å². The molecular weight excluding hydrogens is 353 g/mol. The van der Waals surface area contributed by atoms with E-state index in [0.717, 1.165) is 0 Å². The Hall–Kier alpha value is -0.940. The summed E-state index contributed by atoms with van der Waals surface area (Å²) in [5, 5.41) is 0.962. The minimum Gasteiger partial charge on any atom is -0.279 e. The predicted octanol–water partition coefficient (Wildman–Crippen LogP) is 5.06. The van der Waals surface area contributed by atoms with E-state index in [2.05, 4.69) is 4.72 Å². The third-order valence-corrected chi connectivity index (χ3v) is 5.66. The second kappa shape index (κ2) is 6.05. The van der Waals surface area contributed by atoms with Gasteiger partial charge in [-0.05, 0) is 49.2 Å². The topological polar surface area (TPSA) is 46.2 Å². The molecule has 0 amide bonds. The van der Waals surface area contributed by atoms with E-state index >= 15 is 0 Å². The van der Waals surface area contributed by atoms with Crippen molar-refractivity contribution in [1.82, 2.24) is 0 Å². The van der Waals surface area contributed by atoms with Crippen molar-refractivity contribution in [3.05, 3.63) is 56.5 Å². The Kier molecular flexibility index (Phi) is 4.73. The van der Waals surface area contributed by atoms with Crippen molar-refractivity contribution < 1.29 is 8.42 Å². The summed E-state index contributed by atoms with van der Waals surface area (Å²) in [6.45, 7) is 3.44. The number of hydrogen-bond donors (Lipinski definition) is 1. The summed E-state index contributed by atoms with van der Waals surface area (Å²) in [5.74, 6) is 0. The third-order valence-electron chi connectivity index (χ3n) is 3.01. The molecule has 0 spiro atoms. The van der Waals surface area contributed by atoms with Gasteiger partial charge in [0.1, 0.15) is 4.90 Å². The summed E-state index contributed by atoms with van der Waals surface area (Å²) in [4.78, 5) is -0.0227. The number of nitrogens with one attached hydrogen (secondary N) is 1. The number of halogens is 3. The second-order valence-electron chi connectivity index (χ2n) is 4.55. The summed E-state index contributed by atoms with van der Waals surface area (Å²) in [6, 6.07) is 7.84. The number of hydrogen-bond acceptors (Lipinski definition) is 2. The van der Waals surface area contributed by atoms with Crippen molar-refractivity contribution in [1.29, 1.82) is 0 Å². The SMILES string of the molecule is Cc1cc(S(=O)(=O)Nc2cccc(Cl)c2C)c(Cl)cc1Cl. The number of rotatable bonds is 3. The molecule has 0 fully saturated rings. The normalized spacial score (nSPS) is 11.5. The molecule has 0 aliphatic carbocycles. The van der Waals surface area contributed by atoms with E-state index in [1.54, 1.807) is 32.0 Å². The third kappa shape index (κ3) is 3.46. The highest BCUT2D eigenvalue weighted by atomic mass is 35.5. The Morgan fingerprint density at radius 2 is 1.62 bits per heavy atom. The molecular formula is C14H12Cl3NO2S. The summed E-state index contributed by atoms with van der Waals surface area (Å²) in [5.41, 5.74) is 1.68. The maximum Gasteiger partial charge on any atom is 0.263 e. The zero-order chi connectivity index (χ0) is 15.8. The molecule has 0 aromatic heterocycles. The van der Waals surface area contributed by atoms with E-state index in [0.29, 0.717) is 26.9 Å². The van der Waals surface area contributed by atoms with Crippen LogP contribution in [0.3, 0.4) is 0 Å². The lowest BCUT2D eigenvalue weighted by atomic mass is 10.2. The van der Waals surface area contributed by atoms with Crippen molar-refractivity contribution in [2.75, 3.05) is 4.72 Å². The molecule has 2 aromatic rings. The van der Waals surface area contributed by atoms with Crippen LogP contribution in [-0.4, -0.2) is 8.42 Å². The first-order valence-electron chi connectivity index (χ1n) is 5.96. The van der Waals surface area contributed by atoms with Crippen molar-refractivity contribution in [2.45, 2.75) is 18.7 Å². The molecule has 21 heavy (non-hydrogen) atoms. The maximum atomic E-state index is 12.5. The van der Waals surface area contributed by atoms with E-state index in [-0.39, 0.29) is 9.92 Å². The second-order valence-corrected chi connectivity index (χ2v) is 7.42. The summed E-state index contributed by atoms with van der Waals surface area (Å²) < 4.78 is 27.4. The zero-order valence-electron chi connectivity index (χ0n) is 11.2. The molecule has 0 bridgehead atoms. The van der Waals surface area contributed by atoms with Crippen LogP contribution in [0.4, 0.5) is 5.69 Å². The molecule has 2 rings (SSSR count). The summed E-state index contributed by atoms with van der Waals surface area (Å²) in [6.07, 6.45) is 0. The quantitative estimate of drug-likeness (QED) is 0.827. The van der Waals surface area contributed by atoms with Crippen molar-refractivity contribution >= 4 is 50.5 Å². The van der Waals surface area contributed by atoms with Gasteiger partial charge in [-0.15, -0.1) is 0 Å². The molecule has 0 aliphatic heterocycles. The van der Waals surface area contributed by atoms with Crippen molar-refractivity contribution in [3.63, 3.8) is 0 Å². The van der Waals surface area contributed by atoms with Gasteiger partial charge in [-0.2, -0.15) is 0 Å². The van der Waals surface area contributed by atoms with Gasteiger partial charge in [0.2, 0.25) is 0 Å². The van der Waals surface area contributed by atoms with Gasteiger partial charge in [0, 0.05) is 10.0 Å². The van der Waals surface area contributed by atoms with Gasteiger partial charge in [-0.1, -0.05) is 40.9 Å². The minimum atomic E-state index is -3.82. The monoisotopic (exact) mass is 363 g/mol. The first kappa shape index (κ1) is 16.4. The van der Waals surface area contributed by atoms with Crippen LogP contribution in [0.15, 0.2) is 35.2 Å². The average molecular weight is 365 g/mol. The fraction of sp³-hybridized carbons (Fsp3) is 0.143. The largest absolute Gasteiger partial charge is 0.279 e. The summed E-state index contributed by atoms with van der Waals surface area (Å²) in [7, 11) is -3.82. The zero-order valence-corrected chi connectivity index (χ0v) is 14.3. The fourth-order valence-corrected chi connectivity index (χ4v) is 3.89. The Balaban J connectivity index is 2.48. The lowest BCUT2D eigenvalue weighted by Crippen LogP contribution is -2.14. The van der Waals surface area contributed by atoms with Crippen LogP contribution in [0.1, 0.15) is 11.1 Å². The van der Waals surface area contributed by atoms with Gasteiger partial charge in [0.05, 0.1) is 10.7 Å². The molecule has 112 valence electrons. The van der Waals surface area contributed by atoms with Crippen molar-refractivity contribution in [3.8, 4) is 0 Å². The Morgan fingerprint density at radius 3 is 2.29 bits per heavy atom. The van der Waals surface area contributed by atoms with E-state index in [1.165, 1.54) is 12.1 Å². The van der Waals surface area contributed by atoms with E-state index in [1.807, 2.05) is 0 Å². The molecule has 7 heteroatoms. The van der Waals surface area contributed by atoms with Crippen LogP contribution in [0.5, 0.6) is 0 Å². The highest BCUT2D eigenvalue weighted by Gasteiger charge is 2.20. The van der Waals surface area contributed by atoms with E-state index in [9.17, 15) is 8.42 Å². The molecule has 0 saturated heterocycles. The molecule has 2 aromatic carbocycles. The van der Waals surface area contributed by atoms with Crippen LogP contribution in [0.25, 0.3) is 0 Å². The van der Waals surface area contributed by atoms with Gasteiger partial charge < -0.3 is 0 Å². The first-order chi connectivity index (χ1) is 9.72. The average Bonchev–Trinajstić information content (AvgIpc) is 2.39. The molecule has 0 heterocycles. The molecule has 0 saturated carbocycles. The Bertz CT molecular complexity index is 804. The highest BCUT2D eigenvalue weighted by molar-refractivity contribution is 7.92. The predicted molar refractivity (Wildman–Crippen MR) is 88.2 cm³/mol. The highest BCUT2D eigenvalue weighted by Crippen LogP contribution is 2.31. The maximum absolute atomic E-state index is 12.5. The number of sulfonamides is 1. The van der Waals surface area contributed by atoms with Gasteiger partial charge in [0.15, 0.2) is 0 Å². The number of aryl methyl sites for hydroxylation is 1. The number of benzene rings is 2. The van der Waals surface area contributed by atoms with Gasteiger partial charge in [0.25, 0.3) is 10.0 Å². The molecule has 3 nitrogen and oxygen atoms in total. The van der Waals surface area contributed by atoms with E-state index < -0.39 is 10.0 Å². The first-order valence-corrected chi connectivity index (χ1v) is 8.57. The van der Waals surface area contributed by atoms with Crippen LogP contribution in [-0.2, 0) is 10.0 Å². The Morgan fingerprint density at radius 1 is 0.952 bits per heavy atom. The Labute approximate surface area is 138 Å². The van der Waals surface area contributed by atoms with Crippen LogP contribution < -0.4 is 4.72 Å². The standard InChI is InChI=1S/C14H12Cl3NO2S/c1-8-6-14(12(17)7-11(8)16)21(19,20)18-13-5-3-4-10(15)9(13)2/h3-7,18H,1-2H3. The van der Waals surface area contributed by atoms with Crippen molar-refractivity contribution in [2.24, 2.45) is 0 Å².